The highest BCUT2D eigenvalue weighted by Crippen LogP contribution is 2.35. The van der Waals surface area contributed by atoms with Gasteiger partial charge in [0.15, 0.2) is 5.69 Å². The van der Waals surface area contributed by atoms with Crippen LogP contribution in [0.5, 0.6) is 0 Å². The lowest BCUT2D eigenvalue weighted by Crippen LogP contribution is -2.25. The fraction of sp³-hybridized carbons (Fsp3) is 0.333. The quantitative estimate of drug-likeness (QED) is 0.701. The monoisotopic (exact) mass is 413 g/mol. The second kappa shape index (κ2) is 7.85. The molecule has 2 rings (SSSR count). The Morgan fingerprint density at radius 3 is 2.52 bits per heavy atom. The molecule has 0 bridgehead atoms. The number of hydrogen-bond donors (Lipinski definition) is 1. The number of benzene rings is 1. The van der Waals surface area contributed by atoms with Crippen molar-refractivity contribution in [1.82, 2.24) is 15.1 Å². The maximum Gasteiger partial charge on any atom is 0.436 e. The molecule has 0 aliphatic rings. The maximum atomic E-state index is 12.8. The fourth-order valence-corrected chi connectivity index (χ4v) is 2.86. The standard InChI is InChI=1S/C15H13Cl3F3N3O/c1-8-12(18)13(15(19,20)21)23-24(8)6-2-5-22-14(25)10-4-3-9(16)7-11(10)17/h3-4,7H,2,5-6H2,1H3,(H,22,25). The minimum atomic E-state index is -4.60. The van der Waals surface area contributed by atoms with E-state index in [0.717, 1.165) is 0 Å². The number of alkyl halides is 3. The summed E-state index contributed by atoms with van der Waals surface area (Å²) in [6, 6.07) is 4.48. The molecule has 0 saturated heterocycles. The van der Waals surface area contributed by atoms with Gasteiger partial charge < -0.3 is 5.32 Å². The van der Waals surface area contributed by atoms with Gasteiger partial charge in [-0.15, -0.1) is 0 Å². The van der Waals surface area contributed by atoms with Crippen molar-refractivity contribution >= 4 is 40.7 Å². The zero-order chi connectivity index (χ0) is 18.8. The van der Waals surface area contributed by atoms with E-state index in [-0.39, 0.29) is 29.4 Å². The van der Waals surface area contributed by atoms with Crippen molar-refractivity contribution in [3.8, 4) is 0 Å². The Morgan fingerprint density at radius 1 is 1.28 bits per heavy atom. The van der Waals surface area contributed by atoms with Crippen LogP contribution in [-0.2, 0) is 12.7 Å². The van der Waals surface area contributed by atoms with Gasteiger partial charge in [-0.25, -0.2) is 0 Å². The molecule has 1 aromatic carbocycles. The van der Waals surface area contributed by atoms with E-state index in [0.29, 0.717) is 11.4 Å². The van der Waals surface area contributed by atoms with Crippen molar-refractivity contribution in [2.45, 2.75) is 26.1 Å². The summed E-state index contributed by atoms with van der Waals surface area (Å²) in [6.45, 7) is 1.86. The molecule has 10 heteroatoms. The minimum absolute atomic E-state index is 0.177. The lowest BCUT2D eigenvalue weighted by molar-refractivity contribution is -0.141. The van der Waals surface area contributed by atoms with Crippen molar-refractivity contribution in [2.24, 2.45) is 0 Å². The summed E-state index contributed by atoms with van der Waals surface area (Å²) >= 11 is 17.4. The topological polar surface area (TPSA) is 46.9 Å². The molecule has 0 unspecified atom stereocenters. The summed E-state index contributed by atoms with van der Waals surface area (Å²) in [4.78, 5) is 12.0. The first kappa shape index (κ1) is 19.9. The van der Waals surface area contributed by atoms with Crippen LogP contribution in [0.4, 0.5) is 13.2 Å². The SMILES string of the molecule is Cc1c(Cl)c(C(F)(F)F)nn1CCCNC(=O)c1ccc(Cl)cc1Cl. The Morgan fingerprint density at radius 2 is 1.96 bits per heavy atom. The average Bonchev–Trinajstić information content (AvgIpc) is 2.79. The minimum Gasteiger partial charge on any atom is -0.352 e. The third kappa shape index (κ3) is 4.80. The van der Waals surface area contributed by atoms with E-state index < -0.39 is 22.8 Å². The lowest BCUT2D eigenvalue weighted by atomic mass is 10.2. The first-order valence-electron chi connectivity index (χ1n) is 7.14. The molecule has 0 aliphatic heterocycles. The molecule has 0 saturated carbocycles. The van der Waals surface area contributed by atoms with E-state index >= 15 is 0 Å². The van der Waals surface area contributed by atoms with Crippen molar-refractivity contribution < 1.29 is 18.0 Å². The van der Waals surface area contributed by atoms with E-state index in [2.05, 4.69) is 10.4 Å². The predicted molar refractivity (Wildman–Crippen MR) is 90.4 cm³/mol. The molecular weight excluding hydrogens is 402 g/mol. The van der Waals surface area contributed by atoms with Crippen LogP contribution in [0.25, 0.3) is 0 Å². The van der Waals surface area contributed by atoms with Crippen LogP contribution in [0.2, 0.25) is 15.1 Å². The van der Waals surface area contributed by atoms with Crippen molar-refractivity contribution in [1.29, 1.82) is 0 Å². The molecule has 4 nitrogen and oxygen atoms in total. The number of aromatic nitrogens is 2. The zero-order valence-electron chi connectivity index (χ0n) is 12.9. The predicted octanol–water partition coefficient (Wildman–Crippen LogP) is 4.99. The van der Waals surface area contributed by atoms with Crippen LogP contribution in [0.15, 0.2) is 18.2 Å². The molecule has 0 aliphatic carbocycles. The van der Waals surface area contributed by atoms with Gasteiger partial charge in [0.25, 0.3) is 5.91 Å². The van der Waals surface area contributed by atoms with E-state index in [1.807, 2.05) is 0 Å². The smallest absolute Gasteiger partial charge is 0.352 e. The van der Waals surface area contributed by atoms with E-state index in [1.54, 1.807) is 0 Å². The van der Waals surface area contributed by atoms with Gasteiger partial charge in [0.05, 0.1) is 21.3 Å². The van der Waals surface area contributed by atoms with Gasteiger partial charge >= 0.3 is 6.18 Å². The summed E-state index contributed by atoms with van der Waals surface area (Å²) in [5.41, 5.74) is -0.617. The molecule has 2 aromatic rings. The Balaban J connectivity index is 1.92. The molecule has 0 fully saturated rings. The maximum absolute atomic E-state index is 12.8. The number of rotatable bonds is 5. The second-order valence-electron chi connectivity index (χ2n) is 5.20. The highest BCUT2D eigenvalue weighted by Gasteiger charge is 2.38. The summed E-state index contributed by atoms with van der Waals surface area (Å²) in [6.07, 6.45) is -4.24. The first-order valence-corrected chi connectivity index (χ1v) is 8.28. The number of carbonyl (C=O) groups excluding carboxylic acids is 1. The van der Waals surface area contributed by atoms with Gasteiger partial charge in [-0.05, 0) is 31.5 Å². The molecule has 25 heavy (non-hydrogen) atoms. The van der Waals surface area contributed by atoms with Gasteiger partial charge in [0, 0.05) is 18.1 Å². The first-order chi connectivity index (χ1) is 11.6. The van der Waals surface area contributed by atoms with Crippen LogP contribution in [-0.4, -0.2) is 22.2 Å². The van der Waals surface area contributed by atoms with Gasteiger partial charge in [0.1, 0.15) is 0 Å². The highest BCUT2D eigenvalue weighted by atomic mass is 35.5. The van der Waals surface area contributed by atoms with Gasteiger partial charge in [-0.2, -0.15) is 18.3 Å². The number of hydrogen-bond acceptors (Lipinski definition) is 2. The molecule has 136 valence electrons. The lowest BCUT2D eigenvalue weighted by Gasteiger charge is -2.08. The van der Waals surface area contributed by atoms with Gasteiger partial charge in [-0.3, -0.25) is 9.48 Å². The number of nitrogens with zero attached hydrogens (tertiary/aromatic N) is 2. The molecule has 1 heterocycles. The van der Waals surface area contributed by atoms with Crippen molar-refractivity contribution in [3.05, 3.63) is 50.2 Å². The third-order valence-electron chi connectivity index (χ3n) is 3.41. The Hall–Kier alpha value is -1.44. The van der Waals surface area contributed by atoms with Crippen LogP contribution in [0.1, 0.15) is 28.2 Å². The zero-order valence-corrected chi connectivity index (χ0v) is 15.2. The molecule has 0 radical (unpaired) electrons. The molecule has 1 amide bonds. The Bertz CT molecular complexity index is 790. The number of nitrogens with one attached hydrogen (secondary N) is 1. The number of carbonyl (C=O) groups is 1. The molecular formula is C15H13Cl3F3N3O. The number of aryl methyl sites for hydroxylation is 1. The molecule has 0 spiro atoms. The normalized spacial score (nSPS) is 11.6. The average molecular weight is 415 g/mol. The summed E-state index contributed by atoms with van der Waals surface area (Å²) in [5.74, 6) is -0.395. The molecule has 1 N–H and O–H groups in total. The molecule has 1 aromatic heterocycles. The highest BCUT2D eigenvalue weighted by molar-refractivity contribution is 6.36. The van der Waals surface area contributed by atoms with Crippen molar-refractivity contribution in [2.75, 3.05) is 6.54 Å². The van der Waals surface area contributed by atoms with Crippen molar-refractivity contribution in [3.63, 3.8) is 0 Å². The van der Waals surface area contributed by atoms with Crippen LogP contribution in [0.3, 0.4) is 0 Å². The number of amides is 1. The van der Waals surface area contributed by atoms with E-state index in [9.17, 15) is 18.0 Å². The summed E-state index contributed by atoms with van der Waals surface area (Å²) in [7, 11) is 0. The fourth-order valence-electron chi connectivity index (χ4n) is 2.12. The van der Waals surface area contributed by atoms with Gasteiger partial charge in [0.2, 0.25) is 0 Å². The largest absolute Gasteiger partial charge is 0.436 e. The van der Waals surface area contributed by atoms with Crippen LogP contribution >= 0.6 is 34.8 Å². The van der Waals surface area contributed by atoms with Crippen LogP contribution in [0, 0.1) is 6.92 Å². The number of halogens is 6. The third-order valence-corrected chi connectivity index (χ3v) is 4.41. The van der Waals surface area contributed by atoms with Gasteiger partial charge in [-0.1, -0.05) is 34.8 Å². The van der Waals surface area contributed by atoms with Crippen LogP contribution < -0.4 is 5.32 Å². The summed E-state index contributed by atoms with van der Waals surface area (Å²) in [5, 5.41) is 6.34. The molecule has 0 atom stereocenters. The summed E-state index contributed by atoms with van der Waals surface area (Å²) < 4.78 is 39.4. The van der Waals surface area contributed by atoms with E-state index in [4.69, 9.17) is 34.8 Å². The Kier molecular flexibility index (Phi) is 6.24. The van der Waals surface area contributed by atoms with E-state index in [1.165, 1.54) is 29.8 Å². The second-order valence-corrected chi connectivity index (χ2v) is 6.42. The Labute approximate surface area is 156 Å².